The molecule has 0 amide bonds. The number of hydrogen-bond donors (Lipinski definition) is 1. The molecule has 1 N–H and O–H groups in total. The van der Waals surface area contributed by atoms with Crippen LogP contribution in [0.15, 0.2) is 42.6 Å². The number of nitrogens with zero attached hydrogens (tertiary/aromatic N) is 1. The van der Waals surface area contributed by atoms with Crippen LogP contribution < -0.4 is 9.29 Å². The third-order valence-electron chi connectivity index (χ3n) is 3.99. The fourth-order valence-electron chi connectivity index (χ4n) is 2.65. The number of aryl methyl sites for hydroxylation is 1. The average Bonchev–Trinajstić information content (AvgIpc) is 2.45. The molecule has 0 saturated heterocycles. The Morgan fingerprint density at radius 2 is 1.77 bits per heavy atom. The molecule has 1 aliphatic heterocycles. The van der Waals surface area contributed by atoms with Crippen LogP contribution in [0.1, 0.15) is 26.3 Å². The summed E-state index contributed by atoms with van der Waals surface area (Å²) >= 11 is 0. The molecular formula is C17H21N2O2S+. The van der Waals surface area contributed by atoms with E-state index in [-0.39, 0.29) is 11.2 Å². The summed E-state index contributed by atoms with van der Waals surface area (Å²) in [5.41, 5.74) is 3.29. The maximum atomic E-state index is 11.9. The number of sulfonamides is 1. The first kappa shape index (κ1) is 15.0. The van der Waals surface area contributed by atoms with E-state index >= 15 is 0 Å². The summed E-state index contributed by atoms with van der Waals surface area (Å²) in [6.07, 6.45) is 1.91. The minimum atomic E-state index is -3.23. The Hall–Kier alpha value is -1.88. The van der Waals surface area contributed by atoms with Crippen LogP contribution in [0.3, 0.4) is 0 Å². The fourth-order valence-corrected chi connectivity index (χ4v) is 3.71. The maximum absolute atomic E-state index is 11.9. The van der Waals surface area contributed by atoms with Gasteiger partial charge in [-0.25, -0.2) is 4.57 Å². The summed E-state index contributed by atoms with van der Waals surface area (Å²) in [6.45, 7) is 7.02. The highest BCUT2D eigenvalue weighted by atomic mass is 32.2. The second kappa shape index (κ2) is 5.09. The van der Waals surface area contributed by atoms with Crippen molar-refractivity contribution in [3.05, 3.63) is 48.2 Å². The van der Waals surface area contributed by atoms with Gasteiger partial charge in [0, 0.05) is 0 Å². The van der Waals surface area contributed by atoms with E-state index in [1.54, 1.807) is 0 Å². The molecule has 22 heavy (non-hydrogen) atoms. The molecule has 0 saturated carbocycles. The minimum Gasteiger partial charge on any atom is -0.232 e. The van der Waals surface area contributed by atoms with Gasteiger partial charge < -0.3 is 0 Å². The highest BCUT2D eigenvalue weighted by molar-refractivity contribution is 7.92. The van der Waals surface area contributed by atoms with Gasteiger partial charge in [-0.3, -0.25) is 0 Å². The highest BCUT2D eigenvalue weighted by Crippen LogP contribution is 2.30. The first-order chi connectivity index (χ1) is 10.3. The lowest BCUT2D eigenvalue weighted by Crippen LogP contribution is -2.47. The van der Waals surface area contributed by atoms with E-state index in [1.807, 2.05) is 22.9 Å². The van der Waals surface area contributed by atoms with Gasteiger partial charge in [0.25, 0.3) is 5.82 Å². The van der Waals surface area contributed by atoms with Crippen LogP contribution in [0.25, 0.3) is 11.1 Å². The predicted molar refractivity (Wildman–Crippen MR) is 88.2 cm³/mol. The van der Waals surface area contributed by atoms with Gasteiger partial charge in [0.05, 0.1) is 11.8 Å². The molecule has 0 aliphatic carbocycles. The van der Waals surface area contributed by atoms with Crippen LogP contribution in [0.5, 0.6) is 0 Å². The Bertz CT molecular complexity index is 804. The Balaban J connectivity index is 2.07. The number of benzene rings is 1. The van der Waals surface area contributed by atoms with Gasteiger partial charge in [0.2, 0.25) is 0 Å². The number of aromatic nitrogens is 1. The molecule has 5 heteroatoms. The molecule has 1 aliphatic rings. The number of fused-ring (bicyclic) bond motifs is 1. The van der Waals surface area contributed by atoms with Gasteiger partial charge in [-0.2, -0.15) is 13.1 Å². The van der Waals surface area contributed by atoms with Gasteiger partial charge in [-0.15, -0.1) is 0 Å². The molecule has 0 radical (unpaired) electrons. The van der Waals surface area contributed by atoms with E-state index in [4.69, 9.17) is 0 Å². The molecule has 0 unspecified atom stereocenters. The van der Waals surface area contributed by atoms with Crippen LogP contribution >= 0.6 is 0 Å². The average molecular weight is 317 g/mol. The van der Waals surface area contributed by atoms with Crippen molar-refractivity contribution in [2.45, 2.75) is 32.7 Å². The van der Waals surface area contributed by atoms with Crippen molar-refractivity contribution in [2.24, 2.45) is 0 Å². The van der Waals surface area contributed by atoms with Crippen molar-refractivity contribution < 1.29 is 13.0 Å². The van der Waals surface area contributed by atoms with Crippen molar-refractivity contribution in [1.29, 1.82) is 0 Å². The molecule has 3 rings (SSSR count). The largest absolute Gasteiger partial charge is 0.302 e. The monoisotopic (exact) mass is 317 g/mol. The van der Waals surface area contributed by atoms with Crippen LogP contribution in [-0.2, 0) is 22.0 Å². The maximum Gasteiger partial charge on any atom is 0.302 e. The Morgan fingerprint density at radius 1 is 1.09 bits per heavy atom. The number of hydrogen-bond acceptors (Lipinski definition) is 2. The Labute approximate surface area is 131 Å². The van der Waals surface area contributed by atoms with Crippen molar-refractivity contribution in [3.63, 3.8) is 0 Å². The zero-order chi connectivity index (χ0) is 16.0. The summed E-state index contributed by atoms with van der Waals surface area (Å²) in [5.74, 6) is 0.772. The van der Waals surface area contributed by atoms with E-state index in [2.05, 4.69) is 49.8 Å². The molecule has 0 atom stereocenters. The molecule has 0 fully saturated rings. The molecule has 0 spiro atoms. The van der Waals surface area contributed by atoms with Crippen LogP contribution in [0, 0.1) is 0 Å². The van der Waals surface area contributed by atoms with Gasteiger partial charge in [-0.1, -0.05) is 45.0 Å². The smallest absolute Gasteiger partial charge is 0.232 e. The predicted octanol–water partition coefficient (Wildman–Crippen LogP) is 2.69. The van der Waals surface area contributed by atoms with Crippen molar-refractivity contribution in [2.75, 3.05) is 10.5 Å². The molecule has 1 aromatic carbocycles. The summed E-state index contributed by atoms with van der Waals surface area (Å²) in [6, 6.07) is 12.2. The number of nitrogens with one attached hydrogen (secondary N) is 1. The molecule has 0 bridgehead atoms. The molecule has 116 valence electrons. The zero-order valence-electron chi connectivity index (χ0n) is 13.1. The molecule has 2 aromatic rings. The van der Waals surface area contributed by atoms with E-state index in [0.29, 0.717) is 12.4 Å². The topological polar surface area (TPSA) is 50.1 Å². The first-order valence-electron chi connectivity index (χ1n) is 7.40. The van der Waals surface area contributed by atoms with Crippen LogP contribution in [0.2, 0.25) is 0 Å². The van der Waals surface area contributed by atoms with Crippen LogP contribution in [0.4, 0.5) is 5.82 Å². The van der Waals surface area contributed by atoms with Crippen LogP contribution in [-0.4, -0.2) is 14.2 Å². The molecule has 4 nitrogen and oxygen atoms in total. The van der Waals surface area contributed by atoms with Gasteiger partial charge in [-0.05, 0) is 28.7 Å². The normalized spacial score (nSPS) is 16.7. The lowest BCUT2D eigenvalue weighted by molar-refractivity contribution is -0.679. The third-order valence-corrected chi connectivity index (χ3v) is 5.21. The number of rotatable bonds is 1. The van der Waals surface area contributed by atoms with E-state index in [9.17, 15) is 8.42 Å². The van der Waals surface area contributed by atoms with Crippen molar-refractivity contribution in [3.8, 4) is 11.1 Å². The van der Waals surface area contributed by atoms with Crippen molar-refractivity contribution in [1.82, 2.24) is 0 Å². The van der Waals surface area contributed by atoms with E-state index in [0.717, 1.165) is 11.1 Å². The quantitative estimate of drug-likeness (QED) is 0.822. The summed E-state index contributed by atoms with van der Waals surface area (Å²) < 4.78 is 28.4. The van der Waals surface area contributed by atoms with Gasteiger partial charge in [0.1, 0.15) is 12.3 Å². The fraction of sp³-hybridized carbons (Fsp3) is 0.353. The third kappa shape index (κ3) is 2.86. The summed E-state index contributed by atoms with van der Waals surface area (Å²) in [7, 11) is -3.23. The Kier molecular flexibility index (Phi) is 3.48. The lowest BCUT2D eigenvalue weighted by atomic mass is 9.86. The van der Waals surface area contributed by atoms with Gasteiger partial charge in [0.15, 0.2) is 0 Å². The second-order valence-corrected chi connectivity index (χ2v) is 8.55. The Morgan fingerprint density at radius 3 is 2.41 bits per heavy atom. The van der Waals surface area contributed by atoms with E-state index in [1.165, 1.54) is 5.56 Å². The first-order valence-corrected chi connectivity index (χ1v) is 9.05. The van der Waals surface area contributed by atoms with Gasteiger partial charge >= 0.3 is 10.0 Å². The second-order valence-electron chi connectivity index (χ2n) is 6.71. The molecule has 1 aromatic heterocycles. The standard InChI is InChI=1S/C17H20N2O2S/c1-17(2,3)14-8-6-13(7-9-14)15-5-4-10-19-11-12-22(20,21)18-16(15)19/h4-10H,11-12H2,1-3H3/p+1. The highest BCUT2D eigenvalue weighted by Gasteiger charge is 2.29. The summed E-state index contributed by atoms with van der Waals surface area (Å²) in [4.78, 5) is 0. The summed E-state index contributed by atoms with van der Waals surface area (Å²) in [5, 5.41) is 0. The lowest BCUT2D eigenvalue weighted by Gasteiger charge is -2.20. The molecular weight excluding hydrogens is 296 g/mol. The SMILES string of the molecule is CC(C)(C)c1ccc(-c2ccc[n+]3c2NS(=O)(=O)CC3)cc1. The number of anilines is 1. The van der Waals surface area contributed by atoms with Crippen molar-refractivity contribution >= 4 is 15.8 Å². The molecule has 2 heterocycles. The minimum absolute atomic E-state index is 0.102. The number of pyridine rings is 1. The zero-order valence-corrected chi connectivity index (χ0v) is 13.9. The van der Waals surface area contributed by atoms with E-state index < -0.39 is 10.0 Å².